The zero-order valence-electron chi connectivity index (χ0n) is 9.45. The van der Waals surface area contributed by atoms with Gasteiger partial charge in [-0.3, -0.25) is 0 Å². The van der Waals surface area contributed by atoms with Crippen LogP contribution in [0.5, 0.6) is 0 Å². The van der Waals surface area contributed by atoms with Crippen molar-refractivity contribution in [2.75, 3.05) is 25.2 Å². The Morgan fingerprint density at radius 3 is 2.93 bits per heavy atom. The second-order valence-electron chi connectivity index (χ2n) is 3.53. The van der Waals surface area contributed by atoms with Crippen molar-refractivity contribution in [3.63, 3.8) is 0 Å². The zero-order chi connectivity index (χ0) is 11.1. The van der Waals surface area contributed by atoms with E-state index < -0.39 is 0 Å². The van der Waals surface area contributed by atoms with Gasteiger partial charge in [0, 0.05) is 25.2 Å². The molecule has 0 saturated heterocycles. The van der Waals surface area contributed by atoms with Gasteiger partial charge in [0.1, 0.15) is 0 Å². The molecule has 84 valence electrons. The summed E-state index contributed by atoms with van der Waals surface area (Å²) in [6.45, 7) is 2.93. The van der Waals surface area contributed by atoms with Crippen molar-refractivity contribution in [3.05, 3.63) is 29.3 Å². The summed E-state index contributed by atoms with van der Waals surface area (Å²) in [7, 11) is 1.74. The van der Waals surface area contributed by atoms with E-state index in [0.717, 1.165) is 30.2 Å². The van der Waals surface area contributed by atoms with Gasteiger partial charge in [0.25, 0.3) is 0 Å². The number of anilines is 1. The third-order valence-electron chi connectivity index (χ3n) is 2.38. The number of nitrogens with two attached hydrogens (primary N) is 1. The summed E-state index contributed by atoms with van der Waals surface area (Å²) < 4.78 is 5.00. The van der Waals surface area contributed by atoms with Crippen molar-refractivity contribution < 1.29 is 4.74 Å². The molecular weight excluding hydrogens is 206 g/mol. The van der Waals surface area contributed by atoms with Gasteiger partial charge in [-0.15, -0.1) is 0 Å². The largest absolute Gasteiger partial charge is 0.399 e. The van der Waals surface area contributed by atoms with Gasteiger partial charge in [-0.2, -0.15) is 11.8 Å². The van der Waals surface area contributed by atoms with Gasteiger partial charge in [0.2, 0.25) is 0 Å². The number of rotatable bonds is 6. The number of hydrogen-bond donors (Lipinski definition) is 1. The van der Waals surface area contributed by atoms with Crippen LogP contribution >= 0.6 is 11.8 Å². The molecule has 1 rings (SSSR count). The number of thioether (sulfide) groups is 1. The van der Waals surface area contributed by atoms with Crippen molar-refractivity contribution in [1.29, 1.82) is 0 Å². The van der Waals surface area contributed by atoms with E-state index in [1.807, 2.05) is 23.9 Å². The molecular formula is C12H19NOS. The average Bonchev–Trinajstić information content (AvgIpc) is 2.24. The Labute approximate surface area is 96.2 Å². The molecule has 0 aliphatic carbocycles. The second kappa shape index (κ2) is 6.75. The summed E-state index contributed by atoms with van der Waals surface area (Å²) in [4.78, 5) is 0. The van der Waals surface area contributed by atoms with Crippen molar-refractivity contribution in [2.24, 2.45) is 0 Å². The third kappa shape index (κ3) is 4.14. The molecule has 1 aromatic rings. The first-order valence-corrected chi connectivity index (χ1v) is 6.32. The van der Waals surface area contributed by atoms with Crippen LogP contribution in [0, 0.1) is 6.92 Å². The SMILES string of the molecule is COCCCSCc1cccc(N)c1C. The Morgan fingerprint density at radius 1 is 1.40 bits per heavy atom. The maximum Gasteiger partial charge on any atom is 0.0470 e. The smallest absolute Gasteiger partial charge is 0.0470 e. The van der Waals surface area contributed by atoms with E-state index in [1.54, 1.807) is 7.11 Å². The van der Waals surface area contributed by atoms with Gasteiger partial charge in [-0.1, -0.05) is 12.1 Å². The molecule has 0 amide bonds. The van der Waals surface area contributed by atoms with Crippen LogP contribution < -0.4 is 5.73 Å². The number of benzene rings is 1. The molecule has 0 aliphatic heterocycles. The highest BCUT2D eigenvalue weighted by molar-refractivity contribution is 7.98. The summed E-state index contributed by atoms with van der Waals surface area (Å²) >= 11 is 1.93. The second-order valence-corrected chi connectivity index (χ2v) is 4.64. The van der Waals surface area contributed by atoms with Crippen LogP contribution in [-0.2, 0) is 10.5 Å². The van der Waals surface area contributed by atoms with E-state index in [2.05, 4.69) is 13.0 Å². The Kier molecular flexibility index (Phi) is 5.58. The predicted molar refractivity (Wildman–Crippen MR) is 68.2 cm³/mol. The minimum Gasteiger partial charge on any atom is -0.399 e. The molecule has 15 heavy (non-hydrogen) atoms. The van der Waals surface area contributed by atoms with Crippen LogP contribution in [0.3, 0.4) is 0 Å². The van der Waals surface area contributed by atoms with Crippen LogP contribution in [0.4, 0.5) is 5.69 Å². The summed E-state index contributed by atoms with van der Waals surface area (Å²) in [6.07, 6.45) is 1.11. The quantitative estimate of drug-likeness (QED) is 0.597. The molecule has 2 nitrogen and oxygen atoms in total. The molecule has 0 saturated carbocycles. The number of nitrogen functional groups attached to an aromatic ring is 1. The molecule has 0 atom stereocenters. The van der Waals surface area contributed by atoms with Crippen LogP contribution in [0.1, 0.15) is 17.5 Å². The van der Waals surface area contributed by atoms with Crippen LogP contribution in [0.2, 0.25) is 0 Å². The van der Waals surface area contributed by atoms with Gasteiger partial charge < -0.3 is 10.5 Å². The van der Waals surface area contributed by atoms with E-state index in [-0.39, 0.29) is 0 Å². The topological polar surface area (TPSA) is 35.2 Å². The first kappa shape index (κ1) is 12.4. The van der Waals surface area contributed by atoms with Crippen LogP contribution in [0.15, 0.2) is 18.2 Å². The lowest BCUT2D eigenvalue weighted by molar-refractivity contribution is 0.200. The van der Waals surface area contributed by atoms with Crippen molar-refractivity contribution in [3.8, 4) is 0 Å². The Hall–Kier alpha value is -0.670. The molecule has 0 heterocycles. The van der Waals surface area contributed by atoms with Crippen molar-refractivity contribution in [1.82, 2.24) is 0 Å². The highest BCUT2D eigenvalue weighted by atomic mass is 32.2. The fourth-order valence-corrected chi connectivity index (χ4v) is 2.35. The van der Waals surface area contributed by atoms with Gasteiger partial charge in [0.05, 0.1) is 0 Å². The summed E-state index contributed by atoms with van der Waals surface area (Å²) in [5, 5.41) is 0. The normalized spacial score (nSPS) is 10.5. The predicted octanol–water partition coefficient (Wildman–Crippen LogP) is 2.85. The standard InChI is InChI=1S/C12H19NOS/c1-10-11(5-3-6-12(10)13)9-15-8-4-7-14-2/h3,5-6H,4,7-9,13H2,1-2H3. The minimum atomic E-state index is 0.850. The number of methoxy groups -OCH3 is 1. The van der Waals surface area contributed by atoms with Gasteiger partial charge >= 0.3 is 0 Å². The molecule has 1 aromatic carbocycles. The van der Waals surface area contributed by atoms with E-state index >= 15 is 0 Å². The first-order valence-electron chi connectivity index (χ1n) is 5.16. The fraction of sp³-hybridized carbons (Fsp3) is 0.500. The summed E-state index contributed by atoms with van der Waals surface area (Å²) in [5.74, 6) is 2.18. The molecule has 2 N–H and O–H groups in total. The number of ether oxygens (including phenoxy) is 1. The van der Waals surface area contributed by atoms with E-state index in [1.165, 1.54) is 11.1 Å². The van der Waals surface area contributed by atoms with Crippen LogP contribution in [0.25, 0.3) is 0 Å². The molecule has 0 bridgehead atoms. The first-order chi connectivity index (χ1) is 7.25. The third-order valence-corrected chi connectivity index (χ3v) is 3.48. The Morgan fingerprint density at radius 2 is 2.20 bits per heavy atom. The van der Waals surface area contributed by atoms with Crippen molar-refractivity contribution >= 4 is 17.4 Å². The molecule has 3 heteroatoms. The molecule has 0 aromatic heterocycles. The fourth-order valence-electron chi connectivity index (χ4n) is 1.35. The maximum absolute atomic E-state index is 5.84. The maximum atomic E-state index is 5.84. The number of hydrogen-bond acceptors (Lipinski definition) is 3. The van der Waals surface area contributed by atoms with Crippen molar-refractivity contribution in [2.45, 2.75) is 19.1 Å². The molecule has 0 spiro atoms. The Bertz CT molecular complexity index is 302. The molecule has 0 aliphatic rings. The molecule has 0 fully saturated rings. The van der Waals surface area contributed by atoms with Gasteiger partial charge in [-0.05, 0) is 36.3 Å². The van der Waals surface area contributed by atoms with Gasteiger partial charge in [-0.25, -0.2) is 0 Å². The highest BCUT2D eigenvalue weighted by Crippen LogP contribution is 2.20. The lowest BCUT2D eigenvalue weighted by Gasteiger charge is -2.07. The lowest BCUT2D eigenvalue weighted by Crippen LogP contribution is -1.95. The summed E-state index contributed by atoms with van der Waals surface area (Å²) in [5.41, 5.74) is 9.30. The lowest BCUT2D eigenvalue weighted by atomic mass is 10.1. The van der Waals surface area contributed by atoms with Crippen LogP contribution in [-0.4, -0.2) is 19.5 Å². The zero-order valence-corrected chi connectivity index (χ0v) is 10.3. The minimum absolute atomic E-state index is 0.850. The average molecular weight is 225 g/mol. The van der Waals surface area contributed by atoms with E-state index in [9.17, 15) is 0 Å². The van der Waals surface area contributed by atoms with E-state index in [0.29, 0.717) is 0 Å². The monoisotopic (exact) mass is 225 g/mol. The highest BCUT2D eigenvalue weighted by Gasteiger charge is 2.00. The Balaban J connectivity index is 2.34. The van der Waals surface area contributed by atoms with Gasteiger partial charge in [0.15, 0.2) is 0 Å². The summed E-state index contributed by atoms with van der Waals surface area (Å²) in [6, 6.07) is 6.12. The molecule has 0 unspecified atom stereocenters. The van der Waals surface area contributed by atoms with E-state index in [4.69, 9.17) is 10.5 Å². The molecule has 0 radical (unpaired) electrons.